The molecule has 0 saturated heterocycles. The van der Waals surface area contributed by atoms with Crippen LogP contribution in [0.15, 0.2) is 22.7 Å². The minimum absolute atomic E-state index is 0.182. The van der Waals surface area contributed by atoms with E-state index in [1.165, 1.54) is 4.90 Å². The van der Waals surface area contributed by atoms with Gasteiger partial charge in [0, 0.05) is 17.6 Å². The number of nitrogens with zero attached hydrogens (tertiary/aromatic N) is 3. The molecule has 0 bridgehead atoms. The van der Waals surface area contributed by atoms with E-state index in [1.807, 2.05) is 12.1 Å². The normalized spacial score (nSPS) is 9.52. The molecule has 1 amide bonds. The lowest BCUT2D eigenvalue weighted by molar-refractivity contribution is -0.133. The van der Waals surface area contributed by atoms with Crippen molar-refractivity contribution < 1.29 is 9.53 Å². The van der Waals surface area contributed by atoms with Crippen molar-refractivity contribution in [1.29, 1.82) is 10.5 Å². The van der Waals surface area contributed by atoms with Gasteiger partial charge in [0.25, 0.3) is 5.91 Å². The van der Waals surface area contributed by atoms with Gasteiger partial charge in [-0.15, -0.1) is 0 Å². The van der Waals surface area contributed by atoms with E-state index < -0.39 is 0 Å². The number of ether oxygens (including phenoxy) is 1. The predicted molar refractivity (Wildman–Crippen MR) is 81.7 cm³/mol. The number of halogens is 2. The Hall–Kier alpha value is -1.76. The Balaban J connectivity index is 2.60. The number of amides is 1. The molecule has 0 spiro atoms. The smallest absolute Gasteiger partial charge is 0.260 e. The van der Waals surface area contributed by atoms with Crippen LogP contribution < -0.4 is 4.74 Å². The van der Waals surface area contributed by atoms with Crippen molar-refractivity contribution in [1.82, 2.24) is 4.90 Å². The number of carbonyl (C=O) groups is 1. The molecule has 0 fully saturated rings. The zero-order valence-electron chi connectivity index (χ0n) is 11.2. The first-order valence-corrected chi connectivity index (χ1v) is 7.35. The highest BCUT2D eigenvalue weighted by molar-refractivity contribution is 9.10. The topological polar surface area (TPSA) is 77.1 Å². The molecule has 5 nitrogen and oxygen atoms in total. The standard InChI is InChI=1S/C14H13BrClN3O2/c15-11-3-4-13(12(16)9-11)21-10-14(20)19(7-1-5-17)8-2-6-18/h3-4,9H,1-2,7-8,10H2. The molecule has 0 aromatic heterocycles. The van der Waals surface area contributed by atoms with E-state index in [1.54, 1.807) is 18.2 Å². The van der Waals surface area contributed by atoms with Crippen molar-refractivity contribution in [3.05, 3.63) is 27.7 Å². The van der Waals surface area contributed by atoms with Gasteiger partial charge in [-0.1, -0.05) is 27.5 Å². The third-order valence-electron chi connectivity index (χ3n) is 2.58. The maximum Gasteiger partial charge on any atom is 0.260 e. The molecule has 0 aliphatic heterocycles. The van der Waals surface area contributed by atoms with Gasteiger partial charge in [-0.25, -0.2) is 0 Å². The first kappa shape index (κ1) is 17.3. The molecule has 0 radical (unpaired) electrons. The summed E-state index contributed by atoms with van der Waals surface area (Å²) in [6.07, 6.45) is 0.437. The molecular weight excluding hydrogens is 358 g/mol. The molecular formula is C14H13BrClN3O2. The van der Waals surface area contributed by atoms with Crippen LogP contribution in [0.1, 0.15) is 12.8 Å². The minimum atomic E-state index is -0.278. The number of benzene rings is 1. The third-order valence-corrected chi connectivity index (χ3v) is 3.37. The van der Waals surface area contributed by atoms with Crippen molar-refractivity contribution in [2.45, 2.75) is 12.8 Å². The highest BCUT2D eigenvalue weighted by Crippen LogP contribution is 2.27. The van der Waals surface area contributed by atoms with Crippen LogP contribution in [0.5, 0.6) is 5.75 Å². The second-order valence-electron chi connectivity index (χ2n) is 4.06. The van der Waals surface area contributed by atoms with E-state index in [2.05, 4.69) is 15.9 Å². The molecule has 1 rings (SSSR count). The number of hydrogen-bond donors (Lipinski definition) is 0. The quantitative estimate of drug-likeness (QED) is 0.739. The van der Waals surface area contributed by atoms with Crippen molar-refractivity contribution in [2.75, 3.05) is 19.7 Å². The molecule has 0 unspecified atom stereocenters. The van der Waals surface area contributed by atoms with Crippen LogP contribution in [-0.4, -0.2) is 30.5 Å². The van der Waals surface area contributed by atoms with Gasteiger partial charge in [0.05, 0.1) is 30.0 Å². The largest absolute Gasteiger partial charge is 0.482 e. The Labute approximate surface area is 136 Å². The van der Waals surface area contributed by atoms with E-state index in [0.29, 0.717) is 10.8 Å². The molecule has 0 saturated carbocycles. The first-order valence-electron chi connectivity index (χ1n) is 6.18. The molecule has 0 heterocycles. The first-order chi connectivity index (χ1) is 10.1. The molecule has 7 heteroatoms. The van der Waals surface area contributed by atoms with Crippen LogP contribution in [-0.2, 0) is 4.79 Å². The monoisotopic (exact) mass is 369 g/mol. The molecule has 0 N–H and O–H groups in total. The third kappa shape index (κ3) is 6.03. The Morgan fingerprint density at radius 3 is 2.43 bits per heavy atom. The molecule has 1 aromatic carbocycles. The van der Waals surface area contributed by atoms with Gasteiger partial charge >= 0.3 is 0 Å². The van der Waals surface area contributed by atoms with Crippen molar-refractivity contribution in [2.24, 2.45) is 0 Å². The zero-order valence-corrected chi connectivity index (χ0v) is 13.5. The number of carbonyl (C=O) groups excluding carboxylic acids is 1. The van der Waals surface area contributed by atoms with Crippen molar-refractivity contribution >= 4 is 33.4 Å². The van der Waals surface area contributed by atoms with Crippen LogP contribution in [0.25, 0.3) is 0 Å². The summed E-state index contributed by atoms with van der Waals surface area (Å²) in [6.45, 7) is 0.390. The van der Waals surface area contributed by atoms with Gasteiger partial charge in [0.2, 0.25) is 0 Å². The summed E-state index contributed by atoms with van der Waals surface area (Å²) >= 11 is 9.27. The Bertz CT molecular complexity index is 563. The highest BCUT2D eigenvalue weighted by atomic mass is 79.9. The van der Waals surface area contributed by atoms with Gasteiger partial charge in [0.1, 0.15) is 5.75 Å². The summed E-state index contributed by atoms with van der Waals surface area (Å²) in [7, 11) is 0. The van der Waals surface area contributed by atoms with Crippen LogP contribution in [0.4, 0.5) is 0 Å². The molecule has 0 aliphatic rings. The lowest BCUT2D eigenvalue weighted by Crippen LogP contribution is -2.36. The van der Waals surface area contributed by atoms with Gasteiger partial charge < -0.3 is 9.64 Å². The van der Waals surface area contributed by atoms with E-state index in [0.717, 1.165) is 4.47 Å². The number of nitriles is 2. The van der Waals surface area contributed by atoms with Crippen molar-refractivity contribution in [3.63, 3.8) is 0 Å². The van der Waals surface area contributed by atoms with Gasteiger partial charge in [-0.05, 0) is 18.2 Å². The molecule has 110 valence electrons. The summed E-state index contributed by atoms with van der Waals surface area (Å²) < 4.78 is 6.20. The predicted octanol–water partition coefficient (Wildman–Crippen LogP) is 3.14. The summed E-state index contributed by atoms with van der Waals surface area (Å²) in [4.78, 5) is 13.5. The van der Waals surface area contributed by atoms with Gasteiger partial charge in [0.15, 0.2) is 6.61 Å². The Morgan fingerprint density at radius 1 is 1.29 bits per heavy atom. The second-order valence-corrected chi connectivity index (χ2v) is 5.38. The minimum Gasteiger partial charge on any atom is -0.482 e. The van der Waals surface area contributed by atoms with Crippen LogP contribution in [0.3, 0.4) is 0 Å². The lowest BCUT2D eigenvalue weighted by Gasteiger charge is -2.20. The molecule has 21 heavy (non-hydrogen) atoms. The molecule has 0 aliphatic carbocycles. The fourth-order valence-corrected chi connectivity index (χ4v) is 2.28. The van der Waals surface area contributed by atoms with Gasteiger partial charge in [-0.3, -0.25) is 4.79 Å². The maximum atomic E-state index is 12.0. The van der Waals surface area contributed by atoms with Gasteiger partial charge in [-0.2, -0.15) is 10.5 Å². The zero-order chi connectivity index (χ0) is 15.7. The second kappa shape index (κ2) is 9.23. The average Bonchev–Trinajstić information content (AvgIpc) is 2.46. The number of rotatable bonds is 7. The Morgan fingerprint density at radius 2 is 1.90 bits per heavy atom. The maximum absolute atomic E-state index is 12.0. The lowest BCUT2D eigenvalue weighted by atomic mass is 10.3. The summed E-state index contributed by atoms with van der Waals surface area (Å²) in [5, 5.41) is 17.6. The molecule has 1 aromatic rings. The van der Waals surface area contributed by atoms with Crippen molar-refractivity contribution in [3.8, 4) is 17.9 Å². The summed E-state index contributed by atoms with van der Waals surface area (Å²) in [5.74, 6) is 0.133. The summed E-state index contributed by atoms with van der Waals surface area (Å²) in [5.41, 5.74) is 0. The SMILES string of the molecule is N#CCCN(CCC#N)C(=O)COc1ccc(Br)cc1Cl. The molecule has 0 atom stereocenters. The van der Waals surface area contributed by atoms with Crippen LogP contribution >= 0.6 is 27.5 Å². The van der Waals surface area contributed by atoms with E-state index >= 15 is 0 Å². The fraction of sp³-hybridized carbons (Fsp3) is 0.357. The summed E-state index contributed by atoms with van der Waals surface area (Å²) in [6, 6.07) is 9.04. The van der Waals surface area contributed by atoms with E-state index in [9.17, 15) is 4.79 Å². The fourth-order valence-electron chi connectivity index (χ4n) is 1.55. The van der Waals surface area contributed by atoms with Crippen LogP contribution in [0, 0.1) is 22.7 Å². The number of hydrogen-bond acceptors (Lipinski definition) is 4. The Kier molecular flexibility index (Phi) is 7.60. The average molecular weight is 371 g/mol. The van der Waals surface area contributed by atoms with E-state index in [4.69, 9.17) is 26.9 Å². The highest BCUT2D eigenvalue weighted by Gasteiger charge is 2.14. The van der Waals surface area contributed by atoms with Crippen LogP contribution in [0.2, 0.25) is 5.02 Å². The van der Waals surface area contributed by atoms with E-state index in [-0.39, 0.29) is 38.4 Å².